The van der Waals surface area contributed by atoms with Crippen molar-refractivity contribution in [3.63, 3.8) is 0 Å². The molecule has 0 radical (unpaired) electrons. The molecule has 1 aliphatic heterocycles. The first-order valence-electron chi connectivity index (χ1n) is 11.3. The SMILES string of the molecule is O=[N+]([O-])c1cccc(C2Nc3ccccc3Nc3c2c(-c2ccccc2)nn3-c2ccccc2)c1. The second kappa shape index (κ2) is 8.46. The molecular weight excluding hydrogens is 438 g/mol. The van der Waals surface area contributed by atoms with Crippen LogP contribution in [0.2, 0.25) is 0 Å². The third-order valence-electron chi connectivity index (χ3n) is 6.15. The number of non-ortho nitro benzene ring substituents is 1. The van der Waals surface area contributed by atoms with Crippen molar-refractivity contribution in [2.24, 2.45) is 0 Å². The van der Waals surface area contributed by atoms with Crippen LogP contribution in [0.3, 0.4) is 0 Å². The zero-order valence-electron chi connectivity index (χ0n) is 18.6. The molecule has 0 saturated heterocycles. The number of nitrogens with zero attached hydrogens (tertiary/aromatic N) is 3. The molecule has 0 amide bonds. The summed E-state index contributed by atoms with van der Waals surface area (Å²) in [4.78, 5) is 11.2. The van der Waals surface area contributed by atoms with Crippen molar-refractivity contribution in [1.82, 2.24) is 9.78 Å². The van der Waals surface area contributed by atoms with Gasteiger partial charge in [-0.2, -0.15) is 5.10 Å². The number of rotatable bonds is 4. The van der Waals surface area contributed by atoms with Crippen LogP contribution in [0.25, 0.3) is 16.9 Å². The minimum absolute atomic E-state index is 0.0491. The number of nitro groups is 1. The minimum atomic E-state index is -0.381. The lowest BCUT2D eigenvalue weighted by molar-refractivity contribution is -0.384. The van der Waals surface area contributed by atoms with Gasteiger partial charge in [-0.05, 0) is 29.8 Å². The average molecular weight is 460 g/mol. The van der Waals surface area contributed by atoms with Crippen LogP contribution in [0.5, 0.6) is 0 Å². The summed E-state index contributed by atoms with van der Waals surface area (Å²) in [6.45, 7) is 0. The van der Waals surface area contributed by atoms with Gasteiger partial charge in [-0.25, -0.2) is 4.68 Å². The van der Waals surface area contributed by atoms with Gasteiger partial charge in [0.2, 0.25) is 0 Å². The summed E-state index contributed by atoms with van der Waals surface area (Å²) in [5.41, 5.74) is 6.22. The van der Waals surface area contributed by atoms with Crippen LogP contribution in [0, 0.1) is 10.1 Å². The number of anilines is 3. The van der Waals surface area contributed by atoms with Gasteiger partial charge >= 0.3 is 0 Å². The van der Waals surface area contributed by atoms with Gasteiger partial charge in [0, 0.05) is 23.3 Å². The Morgan fingerprint density at radius 2 is 1.49 bits per heavy atom. The average Bonchev–Trinajstić information content (AvgIpc) is 3.18. The number of nitrogens with one attached hydrogen (secondary N) is 2. The summed E-state index contributed by atoms with van der Waals surface area (Å²) in [5, 5.41) is 23.9. The minimum Gasteiger partial charge on any atom is -0.372 e. The largest absolute Gasteiger partial charge is 0.372 e. The second-order valence-corrected chi connectivity index (χ2v) is 8.32. The van der Waals surface area contributed by atoms with E-state index in [1.165, 1.54) is 6.07 Å². The Morgan fingerprint density at radius 1 is 0.800 bits per heavy atom. The van der Waals surface area contributed by atoms with E-state index in [0.29, 0.717) is 0 Å². The van der Waals surface area contributed by atoms with Gasteiger partial charge in [0.25, 0.3) is 5.69 Å². The Hall–Kier alpha value is -4.91. The topological polar surface area (TPSA) is 85.0 Å². The number of hydrogen-bond acceptors (Lipinski definition) is 5. The highest BCUT2D eigenvalue weighted by atomic mass is 16.6. The molecule has 7 nitrogen and oxygen atoms in total. The van der Waals surface area contributed by atoms with E-state index in [1.54, 1.807) is 12.1 Å². The van der Waals surface area contributed by atoms with E-state index in [1.807, 2.05) is 95.7 Å². The molecule has 0 fully saturated rings. The van der Waals surface area contributed by atoms with Crippen LogP contribution >= 0.6 is 0 Å². The van der Waals surface area contributed by atoms with E-state index in [4.69, 9.17) is 5.10 Å². The van der Waals surface area contributed by atoms with Crippen LogP contribution in [0.1, 0.15) is 17.2 Å². The second-order valence-electron chi connectivity index (χ2n) is 8.32. The van der Waals surface area contributed by atoms with Crippen LogP contribution in [0.4, 0.5) is 22.9 Å². The fourth-order valence-corrected chi connectivity index (χ4v) is 4.53. The highest BCUT2D eigenvalue weighted by molar-refractivity contribution is 5.84. The fraction of sp³-hybridized carbons (Fsp3) is 0.0357. The lowest BCUT2D eigenvalue weighted by Crippen LogP contribution is -2.12. The molecule has 2 N–H and O–H groups in total. The number of hydrogen-bond donors (Lipinski definition) is 2. The maximum Gasteiger partial charge on any atom is 0.269 e. The molecule has 35 heavy (non-hydrogen) atoms. The van der Waals surface area contributed by atoms with Gasteiger partial charge in [0.1, 0.15) is 11.5 Å². The Bertz CT molecular complexity index is 1530. The summed E-state index contributed by atoms with van der Waals surface area (Å²) in [7, 11) is 0. The maximum absolute atomic E-state index is 11.6. The summed E-state index contributed by atoms with van der Waals surface area (Å²) < 4.78 is 1.91. The van der Waals surface area contributed by atoms with Gasteiger partial charge < -0.3 is 10.6 Å². The molecule has 0 aliphatic carbocycles. The van der Waals surface area contributed by atoms with E-state index in [2.05, 4.69) is 10.6 Å². The smallest absolute Gasteiger partial charge is 0.269 e. The molecular formula is C28H21N5O2. The molecule has 6 rings (SSSR count). The number of fused-ring (bicyclic) bond motifs is 2. The first-order valence-corrected chi connectivity index (χ1v) is 11.3. The van der Waals surface area contributed by atoms with Crippen molar-refractivity contribution >= 4 is 22.9 Å². The van der Waals surface area contributed by atoms with Crippen LogP contribution in [-0.4, -0.2) is 14.7 Å². The zero-order chi connectivity index (χ0) is 23.8. The highest BCUT2D eigenvalue weighted by Gasteiger charge is 2.32. The van der Waals surface area contributed by atoms with E-state index >= 15 is 0 Å². The Balaban J connectivity index is 1.66. The maximum atomic E-state index is 11.6. The highest BCUT2D eigenvalue weighted by Crippen LogP contribution is 2.45. The van der Waals surface area contributed by atoms with Gasteiger partial charge in [-0.1, -0.05) is 72.8 Å². The van der Waals surface area contributed by atoms with Crippen LogP contribution in [-0.2, 0) is 0 Å². The number of aromatic nitrogens is 2. The molecule has 170 valence electrons. The fourth-order valence-electron chi connectivity index (χ4n) is 4.53. The number of para-hydroxylation sites is 3. The zero-order valence-corrected chi connectivity index (χ0v) is 18.6. The molecule has 1 aromatic heterocycles. The third kappa shape index (κ3) is 3.69. The van der Waals surface area contributed by atoms with E-state index in [9.17, 15) is 10.1 Å². The van der Waals surface area contributed by atoms with Gasteiger partial charge in [-0.3, -0.25) is 10.1 Å². The summed E-state index contributed by atoms with van der Waals surface area (Å²) >= 11 is 0. The Labute approximate surface area is 201 Å². The normalized spacial score (nSPS) is 14.1. The van der Waals surface area contributed by atoms with E-state index in [0.717, 1.165) is 45.3 Å². The summed E-state index contributed by atoms with van der Waals surface area (Å²) in [6.07, 6.45) is 0. The van der Waals surface area contributed by atoms with Crippen molar-refractivity contribution in [2.75, 3.05) is 10.6 Å². The van der Waals surface area contributed by atoms with Crippen molar-refractivity contribution in [3.05, 3.63) is 130 Å². The predicted molar refractivity (Wildman–Crippen MR) is 137 cm³/mol. The molecule has 4 aromatic carbocycles. The van der Waals surface area contributed by atoms with Crippen molar-refractivity contribution in [2.45, 2.75) is 6.04 Å². The molecule has 0 saturated carbocycles. The van der Waals surface area contributed by atoms with Gasteiger partial charge in [-0.15, -0.1) is 0 Å². The predicted octanol–water partition coefficient (Wildman–Crippen LogP) is 6.71. The first-order chi connectivity index (χ1) is 17.2. The Kier molecular flexibility index (Phi) is 5.00. The standard InChI is InChI=1S/C28H21N5O2/c34-33(35)22-15-9-12-20(18-22)26-25-27(19-10-3-1-4-11-19)31-32(21-13-5-2-6-14-21)28(25)30-24-17-8-7-16-23(24)29-26/h1-18,26,29-30H. The van der Waals surface area contributed by atoms with Crippen molar-refractivity contribution in [1.29, 1.82) is 0 Å². The third-order valence-corrected chi connectivity index (χ3v) is 6.15. The van der Waals surface area contributed by atoms with E-state index < -0.39 is 0 Å². The molecule has 5 aromatic rings. The van der Waals surface area contributed by atoms with Crippen molar-refractivity contribution < 1.29 is 4.92 Å². The van der Waals surface area contributed by atoms with Crippen LogP contribution < -0.4 is 10.6 Å². The Morgan fingerprint density at radius 3 is 2.23 bits per heavy atom. The monoisotopic (exact) mass is 459 g/mol. The first kappa shape index (κ1) is 20.7. The molecule has 1 unspecified atom stereocenters. The van der Waals surface area contributed by atoms with Crippen LogP contribution in [0.15, 0.2) is 109 Å². The number of benzene rings is 4. The molecule has 7 heteroatoms. The van der Waals surface area contributed by atoms with Gasteiger partial charge in [0.15, 0.2) is 0 Å². The summed E-state index contributed by atoms with van der Waals surface area (Å²) in [5.74, 6) is 0.809. The summed E-state index contributed by atoms with van der Waals surface area (Å²) in [6, 6.07) is 34.3. The van der Waals surface area contributed by atoms with Crippen molar-refractivity contribution in [3.8, 4) is 16.9 Å². The molecule has 0 bridgehead atoms. The van der Waals surface area contributed by atoms with Gasteiger partial charge in [0.05, 0.1) is 28.0 Å². The molecule has 1 atom stereocenters. The molecule has 1 aliphatic rings. The van der Waals surface area contributed by atoms with E-state index in [-0.39, 0.29) is 16.7 Å². The molecule has 0 spiro atoms. The lowest BCUT2D eigenvalue weighted by Gasteiger charge is -2.20. The quantitative estimate of drug-likeness (QED) is 0.231. The lowest BCUT2D eigenvalue weighted by atomic mass is 9.95. The molecule has 2 heterocycles. The number of nitro benzene ring substituents is 1.